The second kappa shape index (κ2) is 5.65. The lowest BCUT2D eigenvalue weighted by Crippen LogP contribution is -2.35. The van der Waals surface area contributed by atoms with Gasteiger partial charge < -0.3 is 5.11 Å². The van der Waals surface area contributed by atoms with Gasteiger partial charge in [-0.3, -0.25) is 0 Å². The topological polar surface area (TPSA) is 57.6 Å². The SMILES string of the molecule is Cc1cc(CO)cc(S(=O)(=O)N(CC2CC2)C2CC2)c1Br. The molecule has 6 heteroatoms. The molecule has 0 radical (unpaired) electrons. The third kappa shape index (κ3) is 3.18. The lowest BCUT2D eigenvalue weighted by molar-refractivity contribution is 0.281. The molecule has 0 aromatic heterocycles. The molecule has 1 aromatic carbocycles. The summed E-state index contributed by atoms with van der Waals surface area (Å²) in [5, 5.41) is 9.33. The van der Waals surface area contributed by atoms with E-state index in [1.807, 2.05) is 13.0 Å². The number of aliphatic hydroxyl groups excluding tert-OH is 1. The van der Waals surface area contributed by atoms with Crippen LogP contribution in [0.15, 0.2) is 21.5 Å². The van der Waals surface area contributed by atoms with Crippen LogP contribution < -0.4 is 0 Å². The number of hydrogen-bond donors (Lipinski definition) is 1. The van der Waals surface area contributed by atoms with Gasteiger partial charge >= 0.3 is 0 Å². The number of halogens is 1. The molecule has 0 atom stereocenters. The van der Waals surface area contributed by atoms with E-state index in [1.54, 1.807) is 10.4 Å². The van der Waals surface area contributed by atoms with Crippen LogP contribution in [0.2, 0.25) is 0 Å². The molecule has 2 aliphatic carbocycles. The highest BCUT2D eigenvalue weighted by atomic mass is 79.9. The number of nitrogens with zero attached hydrogens (tertiary/aromatic N) is 1. The van der Waals surface area contributed by atoms with Gasteiger partial charge in [0.1, 0.15) is 0 Å². The van der Waals surface area contributed by atoms with Gasteiger partial charge in [0.05, 0.1) is 11.5 Å². The van der Waals surface area contributed by atoms with E-state index in [4.69, 9.17) is 0 Å². The Morgan fingerprint density at radius 1 is 1.29 bits per heavy atom. The molecular weight excluding hydrogens is 354 g/mol. The third-order valence-corrected chi connectivity index (χ3v) is 7.40. The molecule has 2 saturated carbocycles. The maximum atomic E-state index is 13.0. The Morgan fingerprint density at radius 2 is 1.95 bits per heavy atom. The van der Waals surface area contributed by atoms with Crippen molar-refractivity contribution < 1.29 is 13.5 Å². The number of rotatable bonds is 6. The number of aryl methyl sites for hydroxylation is 1. The monoisotopic (exact) mass is 373 g/mol. The molecular formula is C15H20BrNO3S. The fourth-order valence-corrected chi connectivity index (χ4v) is 5.37. The fourth-order valence-electron chi connectivity index (χ4n) is 2.58. The van der Waals surface area contributed by atoms with Gasteiger partial charge in [0, 0.05) is 17.1 Å². The van der Waals surface area contributed by atoms with Crippen molar-refractivity contribution in [2.24, 2.45) is 5.92 Å². The molecule has 0 aliphatic heterocycles. The van der Waals surface area contributed by atoms with E-state index < -0.39 is 10.0 Å². The van der Waals surface area contributed by atoms with Gasteiger partial charge in [-0.1, -0.05) is 6.07 Å². The molecule has 4 nitrogen and oxygen atoms in total. The first-order valence-corrected chi connectivity index (χ1v) is 9.58. The average molecular weight is 374 g/mol. The molecule has 21 heavy (non-hydrogen) atoms. The lowest BCUT2D eigenvalue weighted by Gasteiger charge is -2.23. The van der Waals surface area contributed by atoms with Gasteiger partial charge in [0.2, 0.25) is 10.0 Å². The van der Waals surface area contributed by atoms with Gasteiger partial charge in [-0.05, 0) is 71.6 Å². The molecule has 2 aliphatic rings. The quantitative estimate of drug-likeness (QED) is 0.833. The van der Waals surface area contributed by atoms with Gasteiger partial charge in [-0.2, -0.15) is 4.31 Å². The minimum Gasteiger partial charge on any atom is -0.392 e. The minimum absolute atomic E-state index is 0.150. The van der Waals surface area contributed by atoms with Crippen molar-refractivity contribution in [2.75, 3.05) is 6.54 Å². The standard InChI is InChI=1S/C15H20BrNO3S/c1-10-6-12(9-18)7-14(15(10)16)21(19,20)17(13-4-5-13)8-11-2-3-11/h6-7,11,13,18H,2-5,8-9H2,1H3. The molecule has 3 rings (SSSR count). The van der Waals surface area contributed by atoms with Gasteiger partial charge in [0.15, 0.2) is 0 Å². The highest BCUT2D eigenvalue weighted by molar-refractivity contribution is 9.10. The zero-order valence-corrected chi connectivity index (χ0v) is 14.5. The van der Waals surface area contributed by atoms with Crippen LogP contribution in [0.4, 0.5) is 0 Å². The molecule has 2 fully saturated rings. The Kier molecular flexibility index (Phi) is 4.16. The van der Waals surface area contributed by atoms with E-state index >= 15 is 0 Å². The van der Waals surface area contributed by atoms with Crippen LogP contribution in [0.25, 0.3) is 0 Å². The normalized spacial score (nSPS) is 19.2. The maximum absolute atomic E-state index is 13.0. The van der Waals surface area contributed by atoms with E-state index in [0.717, 1.165) is 31.2 Å². The maximum Gasteiger partial charge on any atom is 0.244 e. The smallest absolute Gasteiger partial charge is 0.244 e. The van der Waals surface area contributed by atoms with Crippen LogP contribution in [0.3, 0.4) is 0 Å². The third-order valence-electron chi connectivity index (χ3n) is 4.14. The predicted octanol–water partition coefficient (Wildman–Crippen LogP) is 2.81. The Hall–Kier alpha value is -0.430. The molecule has 0 bridgehead atoms. The Morgan fingerprint density at radius 3 is 2.48 bits per heavy atom. The van der Waals surface area contributed by atoms with Crippen LogP contribution in [0.1, 0.15) is 36.8 Å². The Bertz CT molecular complexity index is 651. The summed E-state index contributed by atoms with van der Waals surface area (Å²) in [6, 6.07) is 3.57. The van der Waals surface area contributed by atoms with Crippen molar-refractivity contribution in [1.82, 2.24) is 4.31 Å². The first-order valence-electron chi connectivity index (χ1n) is 7.35. The number of sulfonamides is 1. The molecule has 116 valence electrons. The van der Waals surface area contributed by atoms with Crippen molar-refractivity contribution in [3.05, 3.63) is 27.7 Å². The zero-order valence-electron chi connectivity index (χ0n) is 12.0. The van der Waals surface area contributed by atoms with Crippen LogP contribution in [-0.2, 0) is 16.6 Å². The summed E-state index contributed by atoms with van der Waals surface area (Å²) in [5.41, 5.74) is 1.47. The van der Waals surface area contributed by atoms with Crippen LogP contribution in [-0.4, -0.2) is 30.4 Å². The highest BCUT2D eigenvalue weighted by Crippen LogP contribution is 2.39. The van der Waals surface area contributed by atoms with Crippen molar-refractivity contribution in [3.8, 4) is 0 Å². The zero-order chi connectivity index (χ0) is 15.2. The minimum atomic E-state index is -3.50. The van der Waals surface area contributed by atoms with E-state index in [1.165, 1.54) is 0 Å². The summed E-state index contributed by atoms with van der Waals surface area (Å²) in [4.78, 5) is 0.291. The Balaban J connectivity index is 2.01. The molecule has 0 spiro atoms. The van der Waals surface area contributed by atoms with E-state index in [9.17, 15) is 13.5 Å². The molecule has 1 aromatic rings. The Labute approximate surface area is 134 Å². The highest BCUT2D eigenvalue weighted by Gasteiger charge is 2.41. The lowest BCUT2D eigenvalue weighted by atomic mass is 10.1. The predicted molar refractivity (Wildman–Crippen MR) is 84.4 cm³/mol. The second-order valence-corrected chi connectivity index (χ2v) is 8.78. The number of hydrogen-bond acceptors (Lipinski definition) is 3. The second-order valence-electron chi connectivity index (χ2n) is 6.13. The van der Waals surface area contributed by atoms with E-state index in [0.29, 0.717) is 27.4 Å². The molecule has 0 heterocycles. The molecule has 1 N–H and O–H groups in total. The summed E-state index contributed by atoms with van der Waals surface area (Å²) in [6.07, 6.45) is 4.19. The van der Waals surface area contributed by atoms with Crippen molar-refractivity contribution in [1.29, 1.82) is 0 Å². The number of benzene rings is 1. The van der Waals surface area contributed by atoms with E-state index in [-0.39, 0.29) is 12.6 Å². The summed E-state index contributed by atoms with van der Waals surface area (Å²) < 4.78 is 28.4. The van der Waals surface area contributed by atoms with Gasteiger partial charge in [-0.25, -0.2) is 8.42 Å². The van der Waals surface area contributed by atoms with Crippen molar-refractivity contribution in [2.45, 2.75) is 50.2 Å². The molecule has 0 unspecified atom stereocenters. The van der Waals surface area contributed by atoms with Crippen molar-refractivity contribution in [3.63, 3.8) is 0 Å². The largest absolute Gasteiger partial charge is 0.392 e. The van der Waals surface area contributed by atoms with Gasteiger partial charge in [0.25, 0.3) is 0 Å². The van der Waals surface area contributed by atoms with Gasteiger partial charge in [-0.15, -0.1) is 0 Å². The number of aliphatic hydroxyl groups is 1. The van der Waals surface area contributed by atoms with Crippen LogP contribution in [0, 0.1) is 12.8 Å². The summed E-state index contributed by atoms with van der Waals surface area (Å²) in [5.74, 6) is 0.529. The van der Waals surface area contributed by atoms with E-state index in [2.05, 4.69) is 15.9 Å². The van der Waals surface area contributed by atoms with Crippen LogP contribution >= 0.6 is 15.9 Å². The first kappa shape index (κ1) is 15.5. The van der Waals surface area contributed by atoms with Crippen LogP contribution in [0.5, 0.6) is 0 Å². The summed E-state index contributed by atoms with van der Waals surface area (Å²) in [7, 11) is -3.50. The molecule has 0 amide bonds. The first-order chi connectivity index (χ1) is 9.93. The fraction of sp³-hybridized carbons (Fsp3) is 0.600. The average Bonchev–Trinajstić information content (AvgIpc) is 3.31. The summed E-state index contributed by atoms with van der Waals surface area (Å²) >= 11 is 3.41. The van der Waals surface area contributed by atoms with Crippen molar-refractivity contribution >= 4 is 26.0 Å². The molecule has 0 saturated heterocycles. The summed E-state index contributed by atoms with van der Waals surface area (Å²) in [6.45, 7) is 2.34.